The van der Waals surface area contributed by atoms with Crippen molar-refractivity contribution in [2.24, 2.45) is 0 Å². The molecule has 10 nitrogen and oxygen atoms in total. The van der Waals surface area contributed by atoms with Crippen LogP contribution in [0.2, 0.25) is 0 Å². The molecule has 182 valence electrons. The monoisotopic (exact) mass is 472 g/mol. The molecular formula is C24H28N2O8. The summed E-state index contributed by atoms with van der Waals surface area (Å²) >= 11 is 0. The van der Waals surface area contributed by atoms with Gasteiger partial charge in [0.15, 0.2) is 23.3 Å². The summed E-state index contributed by atoms with van der Waals surface area (Å²) in [6, 6.07) is 9.51. The van der Waals surface area contributed by atoms with Crippen LogP contribution >= 0.6 is 0 Å². The molecule has 1 heterocycles. The summed E-state index contributed by atoms with van der Waals surface area (Å²) in [5.41, 5.74) is -0.160. The molecule has 0 saturated heterocycles. The van der Waals surface area contributed by atoms with E-state index in [2.05, 4.69) is 16.9 Å². The van der Waals surface area contributed by atoms with Crippen LogP contribution in [0.4, 0.5) is 0 Å². The van der Waals surface area contributed by atoms with Gasteiger partial charge in [-0.1, -0.05) is 24.8 Å². The second-order valence-electron chi connectivity index (χ2n) is 7.06. The second-order valence-corrected chi connectivity index (χ2v) is 7.06. The van der Waals surface area contributed by atoms with Crippen molar-refractivity contribution in [1.29, 1.82) is 0 Å². The number of ether oxygens (including phenoxy) is 5. The minimum atomic E-state index is -1.03. The van der Waals surface area contributed by atoms with E-state index in [4.69, 9.17) is 23.7 Å². The molecule has 2 rings (SSSR count). The fourth-order valence-electron chi connectivity index (χ4n) is 2.74. The van der Waals surface area contributed by atoms with E-state index in [0.717, 1.165) is 0 Å². The van der Waals surface area contributed by atoms with Crippen LogP contribution < -0.4 is 19.5 Å². The van der Waals surface area contributed by atoms with Gasteiger partial charge >= 0.3 is 11.9 Å². The first-order valence-electron chi connectivity index (χ1n) is 10.4. The quantitative estimate of drug-likeness (QED) is 0.282. The molecule has 10 heteroatoms. The number of aromatic nitrogens is 1. The fourth-order valence-corrected chi connectivity index (χ4v) is 2.74. The van der Waals surface area contributed by atoms with Gasteiger partial charge in [-0.2, -0.15) is 0 Å². The summed E-state index contributed by atoms with van der Waals surface area (Å²) in [5.74, 6) is -1.21. The van der Waals surface area contributed by atoms with Crippen molar-refractivity contribution in [3.8, 4) is 17.2 Å². The van der Waals surface area contributed by atoms with Gasteiger partial charge < -0.3 is 29.0 Å². The molecule has 1 amide bonds. The standard InChI is InChI=1S/C24H28N2O8/c1-6-19(16(3)33-18-10-8-7-9-11-18)34-24(29)15(2)26-23(28)21-22(32-14-31-17(4)27)20(30-5)12-13-25-21/h6-13,15-16,19H,1,14H2,2-5H3,(H,26,28)/t15-,16-,19-/m0/s1. The first-order valence-corrected chi connectivity index (χ1v) is 10.4. The molecule has 1 N–H and O–H groups in total. The lowest BCUT2D eigenvalue weighted by Gasteiger charge is -2.24. The van der Waals surface area contributed by atoms with Gasteiger partial charge in [-0.3, -0.25) is 9.59 Å². The van der Waals surface area contributed by atoms with Gasteiger partial charge in [-0.15, -0.1) is 0 Å². The number of rotatable bonds is 12. The summed E-state index contributed by atoms with van der Waals surface area (Å²) in [6.45, 7) is 7.66. The Morgan fingerprint density at radius 2 is 1.85 bits per heavy atom. The van der Waals surface area contributed by atoms with Crippen LogP contribution in [0, 0.1) is 0 Å². The molecule has 1 aromatic heterocycles. The van der Waals surface area contributed by atoms with Crippen molar-refractivity contribution in [2.75, 3.05) is 13.9 Å². The van der Waals surface area contributed by atoms with Crippen molar-refractivity contribution in [1.82, 2.24) is 10.3 Å². The topological polar surface area (TPSA) is 122 Å². The van der Waals surface area contributed by atoms with Gasteiger partial charge in [0.25, 0.3) is 5.91 Å². The number of carbonyl (C=O) groups excluding carboxylic acids is 3. The Hall–Kier alpha value is -4.08. The van der Waals surface area contributed by atoms with Crippen LogP contribution in [0.1, 0.15) is 31.3 Å². The fraction of sp³-hybridized carbons (Fsp3) is 0.333. The summed E-state index contributed by atoms with van der Waals surface area (Å²) < 4.78 is 26.6. The number of nitrogens with one attached hydrogen (secondary N) is 1. The maximum absolute atomic E-state index is 12.8. The highest BCUT2D eigenvalue weighted by atomic mass is 16.7. The number of carbonyl (C=O) groups is 3. The third kappa shape index (κ3) is 7.51. The second kappa shape index (κ2) is 12.8. The zero-order chi connectivity index (χ0) is 25.1. The normalized spacial score (nSPS) is 12.9. The van der Waals surface area contributed by atoms with Crippen molar-refractivity contribution in [3.63, 3.8) is 0 Å². The lowest BCUT2D eigenvalue weighted by molar-refractivity contribution is -0.152. The molecule has 1 aromatic carbocycles. The van der Waals surface area contributed by atoms with Gasteiger partial charge in [0.2, 0.25) is 6.79 Å². The Labute approximate surface area is 197 Å². The molecule has 0 radical (unpaired) electrons. The molecule has 0 fully saturated rings. The predicted molar refractivity (Wildman–Crippen MR) is 122 cm³/mol. The summed E-state index contributed by atoms with van der Waals surface area (Å²) in [5, 5.41) is 2.51. The maximum Gasteiger partial charge on any atom is 0.329 e. The van der Waals surface area contributed by atoms with Crippen LogP contribution in [0.3, 0.4) is 0 Å². The Morgan fingerprint density at radius 1 is 1.15 bits per heavy atom. The third-order valence-corrected chi connectivity index (χ3v) is 4.48. The Kier molecular flexibility index (Phi) is 9.88. The van der Waals surface area contributed by atoms with Gasteiger partial charge in [-0.25, -0.2) is 9.78 Å². The lowest BCUT2D eigenvalue weighted by Crippen LogP contribution is -2.43. The number of benzene rings is 1. The van der Waals surface area contributed by atoms with Gasteiger partial charge in [0.05, 0.1) is 7.11 Å². The lowest BCUT2D eigenvalue weighted by atomic mass is 10.2. The largest absolute Gasteiger partial charge is 0.493 e. The number of amides is 1. The highest BCUT2D eigenvalue weighted by Crippen LogP contribution is 2.29. The van der Waals surface area contributed by atoms with Crippen LogP contribution in [-0.2, 0) is 19.1 Å². The Balaban J connectivity index is 2.04. The van der Waals surface area contributed by atoms with E-state index in [1.807, 2.05) is 18.2 Å². The molecule has 0 saturated carbocycles. The van der Waals surface area contributed by atoms with Crippen molar-refractivity contribution >= 4 is 17.8 Å². The molecular weight excluding hydrogens is 444 g/mol. The van der Waals surface area contributed by atoms with Gasteiger partial charge in [0.1, 0.15) is 17.9 Å². The van der Waals surface area contributed by atoms with E-state index in [1.165, 1.54) is 39.3 Å². The molecule has 0 unspecified atom stereocenters. The number of hydrogen-bond acceptors (Lipinski definition) is 9. The molecule has 2 aromatic rings. The minimum absolute atomic E-state index is 0.0434. The number of pyridine rings is 1. The maximum atomic E-state index is 12.8. The van der Waals surface area contributed by atoms with Crippen LogP contribution in [0.25, 0.3) is 0 Å². The summed E-state index contributed by atoms with van der Waals surface area (Å²) in [7, 11) is 1.38. The van der Waals surface area contributed by atoms with Gasteiger partial charge in [0, 0.05) is 19.2 Å². The number of hydrogen-bond donors (Lipinski definition) is 1. The van der Waals surface area contributed by atoms with E-state index in [-0.39, 0.29) is 17.2 Å². The van der Waals surface area contributed by atoms with Crippen LogP contribution in [0.5, 0.6) is 17.2 Å². The molecule has 34 heavy (non-hydrogen) atoms. The SMILES string of the molecule is C=C[C@H](OC(=O)[C@H](C)NC(=O)c1nccc(OC)c1OCOC(C)=O)[C@H](C)Oc1ccccc1. The summed E-state index contributed by atoms with van der Waals surface area (Å²) in [6.07, 6.45) is 1.51. The smallest absolute Gasteiger partial charge is 0.329 e. The first-order chi connectivity index (χ1) is 16.3. The highest BCUT2D eigenvalue weighted by molar-refractivity contribution is 5.98. The molecule has 0 aliphatic carbocycles. The Bertz CT molecular complexity index is 996. The van der Waals surface area contributed by atoms with Crippen molar-refractivity contribution < 1.29 is 38.1 Å². The number of nitrogens with zero attached hydrogens (tertiary/aromatic N) is 1. The van der Waals surface area contributed by atoms with E-state index in [1.54, 1.807) is 19.1 Å². The zero-order valence-corrected chi connectivity index (χ0v) is 19.5. The molecule has 0 aliphatic rings. The van der Waals surface area contributed by atoms with E-state index in [9.17, 15) is 14.4 Å². The molecule has 0 bridgehead atoms. The Morgan fingerprint density at radius 3 is 2.47 bits per heavy atom. The molecule has 3 atom stereocenters. The number of methoxy groups -OCH3 is 1. The summed E-state index contributed by atoms with van der Waals surface area (Å²) in [4.78, 5) is 40.4. The molecule has 0 aliphatic heterocycles. The number of esters is 2. The van der Waals surface area contributed by atoms with Gasteiger partial charge in [-0.05, 0) is 32.1 Å². The van der Waals surface area contributed by atoms with Crippen molar-refractivity contribution in [3.05, 3.63) is 60.9 Å². The zero-order valence-electron chi connectivity index (χ0n) is 19.5. The minimum Gasteiger partial charge on any atom is -0.493 e. The van der Waals surface area contributed by atoms with Crippen LogP contribution in [0.15, 0.2) is 55.3 Å². The van der Waals surface area contributed by atoms with E-state index in [0.29, 0.717) is 5.75 Å². The average Bonchev–Trinajstić information content (AvgIpc) is 2.82. The average molecular weight is 472 g/mol. The molecule has 0 spiro atoms. The van der Waals surface area contributed by atoms with E-state index >= 15 is 0 Å². The van der Waals surface area contributed by atoms with E-state index < -0.39 is 42.9 Å². The van der Waals surface area contributed by atoms with Crippen LogP contribution in [-0.4, -0.2) is 55.0 Å². The third-order valence-electron chi connectivity index (χ3n) is 4.48. The predicted octanol–water partition coefficient (Wildman–Crippen LogP) is 2.67. The first kappa shape index (κ1) is 26.2. The highest BCUT2D eigenvalue weighted by Gasteiger charge is 2.27. The van der Waals surface area contributed by atoms with Crippen molar-refractivity contribution in [2.45, 2.75) is 39.0 Å². The number of para-hydroxylation sites is 1.